The van der Waals surface area contributed by atoms with E-state index in [2.05, 4.69) is 29.6 Å². The maximum absolute atomic E-state index is 13.0. The van der Waals surface area contributed by atoms with E-state index in [9.17, 15) is 4.79 Å². The van der Waals surface area contributed by atoms with Crippen LogP contribution in [0.3, 0.4) is 0 Å². The number of amides is 1. The smallest absolute Gasteiger partial charge is 0.255 e. The molecule has 2 aromatic carbocycles. The van der Waals surface area contributed by atoms with Crippen LogP contribution in [-0.2, 0) is 0 Å². The molecule has 0 spiro atoms. The topological polar surface area (TPSA) is 56.8 Å². The molecule has 1 amide bonds. The molecular formula is C24H31NO4. The second-order valence-corrected chi connectivity index (χ2v) is 7.51. The molecule has 1 fully saturated rings. The van der Waals surface area contributed by atoms with E-state index < -0.39 is 0 Å². The summed E-state index contributed by atoms with van der Waals surface area (Å²) in [6, 6.07) is 14.0. The van der Waals surface area contributed by atoms with E-state index in [1.54, 1.807) is 19.2 Å². The highest BCUT2D eigenvalue weighted by molar-refractivity contribution is 5.98. The molecule has 5 nitrogen and oxygen atoms in total. The van der Waals surface area contributed by atoms with Gasteiger partial charge in [-0.05, 0) is 36.5 Å². The summed E-state index contributed by atoms with van der Waals surface area (Å²) in [5.41, 5.74) is 1.74. The monoisotopic (exact) mass is 397 g/mol. The van der Waals surface area contributed by atoms with Crippen molar-refractivity contribution in [3.05, 3.63) is 53.6 Å². The third kappa shape index (κ3) is 4.84. The van der Waals surface area contributed by atoms with Crippen LogP contribution in [0.5, 0.6) is 17.2 Å². The zero-order valence-electron chi connectivity index (χ0n) is 17.6. The van der Waals surface area contributed by atoms with Crippen LogP contribution in [0.4, 0.5) is 0 Å². The van der Waals surface area contributed by atoms with Crippen molar-refractivity contribution in [3.8, 4) is 17.2 Å². The molecule has 0 bridgehead atoms. The lowest BCUT2D eigenvalue weighted by molar-refractivity contribution is 0.0942. The predicted molar refractivity (Wildman–Crippen MR) is 114 cm³/mol. The van der Waals surface area contributed by atoms with Crippen molar-refractivity contribution in [2.45, 2.75) is 38.0 Å². The van der Waals surface area contributed by atoms with Gasteiger partial charge in [0.25, 0.3) is 5.91 Å². The van der Waals surface area contributed by atoms with Gasteiger partial charge in [-0.25, -0.2) is 0 Å². The fourth-order valence-electron chi connectivity index (χ4n) is 4.37. The molecule has 1 saturated carbocycles. The summed E-state index contributed by atoms with van der Waals surface area (Å²) in [4.78, 5) is 13.0. The molecule has 156 valence electrons. The van der Waals surface area contributed by atoms with E-state index in [0.29, 0.717) is 41.2 Å². The van der Waals surface area contributed by atoms with Crippen LogP contribution in [0.25, 0.3) is 0 Å². The zero-order valence-corrected chi connectivity index (χ0v) is 17.6. The molecule has 0 unspecified atom stereocenters. The molecule has 0 aromatic heterocycles. The second-order valence-electron chi connectivity index (χ2n) is 7.51. The Labute approximate surface area is 173 Å². The Morgan fingerprint density at radius 3 is 2.24 bits per heavy atom. The normalized spacial score (nSPS) is 15.4. The summed E-state index contributed by atoms with van der Waals surface area (Å²) in [5, 5.41) is 3.14. The molecule has 0 radical (unpaired) electrons. The lowest BCUT2D eigenvalue weighted by Gasteiger charge is -2.31. The van der Waals surface area contributed by atoms with E-state index in [1.165, 1.54) is 51.9 Å². The number of ether oxygens (including phenoxy) is 3. The summed E-state index contributed by atoms with van der Waals surface area (Å²) in [7, 11) is 4.63. The Bertz CT molecular complexity index is 800. The number of carbonyl (C=O) groups excluding carboxylic acids is 1. The standard InChI is InChI=1S/C24H31NO4/c1-27-21-15-14-19(22(28-2)23(21)29-3)24(26)25-16-20(17-10-6-4-7-11-17)18-12-8-5-9-13-18/h4,6-7,10-11,14-15,18,20H,5,8-9,12-13,16H2,1-3H3,(H,25,26)/t20-/m0/s1. The maximum Gasteiger partial charge on any atom is 0.255 e. The van der Waals surface area contributed by atoms with Gasteiger partial charge in [0.05, 0.1) is 26.9 Å². The highest BCUT2D eigenvalue weighted by Crippen LogP contribution is 2.40. The Morgan fingerprint density at radius 2 is 1.62 bits per heavy atom. The molecule has 0 aliphatic heterocycles. The Balaban J connectivity index is 1.80. The van der Waals surface area contributed by atoms with Crippen molar-refractivity contribution in [2.24, 2.45) is 5.92 Å². The Hall–Kier alpha value is -2.69. The van der Waals surface area contributed by atoms with E-state index in [4.69, 9.17) is 14.2 Å². The average Bonchev–Trinajstić information content (AvgIpc) is 2.79. The predicted octanol–water partition coefficient (Wildman–Crippen LogP) is 4.81. The molecule has 1 aliphatic rings. The summed E-state index contributed by atoms with van der Waals surface area (Å²) in [5.74, 6) is 2.09. The van der Waals surface area contributed by atoms with Crippen LogP contribution in [0.1, 0.15) is 53.9 Å². The molecule has 1 atom stereocenters. The first-order chi connectivity index (χ1) is 14.2. The SMILES string of the molecule is COc1ccc(C(=O)NC[C@@H](c2ccccc2)C2CCCCC2)c(OC)c1OC. The summed E-state index contributed by atoms with van der Waals surface area (Å²) < 4.78 is 16.2. The first kappa shape index (κ1) is 21.0. The lowest BCUT2D eigenvalue weighted by atomic mass is 9.76. The van der Waals surface area contributed by atoms with Crippen molar-refractivity contribution >= 4 is 5.91 Å². The number of methoxy groups -OCH3 is 3. The third-order valence-electron chi connectivity index (χ3n) is 5.88. The lowest BCUT2D eigenvalue weighted by Crippen LogP contribution is -2.32. The quantitative estimate of drug-likeness (QED) is 0.695. The van der Waals surface area contributed by atoms with Crippen LogP contribution in [0, 0.1) is 5.92 Å². The number of benzene rings is 2. The van der Waals surface area contributed by atoms with Crippen LogP contribution in [0.15, 0.2) is 42.5 Å². The van der Waals surface area contributed by atoms with Gasteiger partial charge in [0.1, 0.15) is 0 Å². The van der Waals surface area contributed by atoms with Crippen LogP contribution < -0.4 is 19.5 Å². The number of carbonyl (C=O) groups is 1. The molecule has 1 aliphatic carbocycles. The highest BCUT2D eigenvalue weighted by atomic mass is 16.5. The van der Waals surface area contributed by atoms with E-state index in [0.717, 1.165) is 0 Å². The summed E-state index contributed by atoms with van der Waals surface area (Å²) in [6.45, 7) is 0.602. The van der Waals surface area contributed by atoms with Gasteiger partial charge in [-0.3, -0.25) is 4.79 Å². The molecule has 3 rings (SSSR count). The average molecular weight is 398 g/mol. The van der Waals surface area contributed by atoms with E-state index in [1.807, 2.05) is 6.07 Å². The molecular weight excluding hydrogens is 366 g/mol. The Kier molecular flexibility index (Phi) is 7.39. The van der Waals surface area contributed by atoms with Crippen LogP contribution >= 0.6 is 0 Å². The fraction of sp³-hybridized carbons (Fsp3) is 0.458. The second kappa shape index (κ2) is 10.2. The van der Waals surface area contributed by atoms with Gasteiger partial charge in [-0.2, -0.15) is 0 Å². The van der Waals surface area contributed by atoms with Gasteiger partial charge < -0.3 is 19.5 Å². The molecule has 1 N–H and O–H groups in total. The number of hydrogen-bond donors (Lipinski definition) is 1. The van der Waals surface area contributed by atoms with Crippen molar-refractivity contribution in [3.63, 3.8) is 0 Å². The van der Waals surface area contributed by atoms with Gasteiger partial charge in [0, 0.05) is 12.5 Å². The van der Waals surface area contributed by atoms with Gasteiger partial charge in [-0.15, -0.1) is 0 Å². The minimum atomic E-state index is -0.167. The van der Waals surface area contributed by atoms with E-state index >= 15 is 0 Å². The molecule has 0 heterocycles. The van der Waals surface area contributed by atoms with Gasteiger partial charge >= 0.3 is 0 Å². The van der Waals surface area contributed by atoms with E-state index in [-0.39, 0.29) is 5.91 Å². The summed E-state index contributed by atoms with van der Waals surface area (Å²) >= 11 is 0. The number of hydrogen-bond acceptors (Lipinski definition) is 4. The summed E-state index contributed by atoms with van der Waals surface area (Å²) in [6.07, 6.45) is 6.29. The largest absolute Gasteiger partial charge is 0.493 e. The van der Waals surface area contributed by atoms with Crippen LogP contribution in [0.2, 0.25) is 0 Å². The number of rotatable bonds is 8. The van der Waals surface area contributed by atoms with Crippen LogP contribution in [-0.4, -0.2) is 33.8 Å². The first-order valence-corrected chi connectivity index (χ1v) is 10.3. The van der Waals surface area contributed by atoms with Crippen molar-refractivity contribution in [2.75, 3.05) is 27.9 Å². The maximum atomic E-state index is 13.0. The molecule has 29 heavy (non-hydrogen) atoms. The van der Waals surface area contributed by atoms with Gasteiger partial charge in [-0.1, -0.05) is 49.6 Å². The Morgan fingerprint density at radius 1 is 0.931 bits per heavy atom. The minimum absolute atomic E-state index is 0.167. The fourth-order valence-corrected chi connectivity index (χ4v) is 4.37. The van der Waals surface area contributed by atoms with Crippen molar-refractivity contribution in [1.82, 2.24) is 5.32 Å². The van der Waals surface area contributed by atoms with Crippen molar-refractivity contribution < 1.29 is 19.0 Å². The van der Waals surface area contributed by atoms with Gasteiger partial charge in [0.2, 0.25) is 5.75 Å². The first-order valence-electron chi connectivity index (χ1n) is 10.3. The third-order valence-corrected chi connectivity index (χ3v) is 5.88. The number of nitrogens with one attached hydrogen (secondary N) is 1. The molecule has 2 aromatic rings. The zero-order chi connectivity index (χ0) is 20.6. The van der Waals surface area contributed by atoms with Gasteiger partial charge in [0.15, 0.2) is 11.5 Å². The molecule has 5 heteroatoms. The minimum Gasteiger partial charge on any atom is -0.493 e. The highest BCUT2D eigenvalue weighted by Gasteiger charge is 2.27. The molecule has 0 saturated heterocycles. The van der Waals surface area contributed by atoms with Crippen molar-refractivity contribution in [1.29, 1.82) is 0 Å².